The molecule has 2 aromatic carbocycles. The largest absolute Gasteiger partial charge is 0.329 e. The molecule has 0 bridgehead atoms. The number of rotatable bonds is 3. The smallest absolute Gasteiger partial charge is 0.130 e. The van der Waals surface area contributed by atoms with Gasteiger partial charge in [-0.05, 0) is 18.2 Å². The van der Waals surface area contributed by atoms with Gasteiger partial charge in [-0.3, -0.25) is 0 Å². The van der Waals surface area contributed by atoms with Crippen molar-refractivity contribution in [1.29, 1.82) is 0 Å². The third-order valence-corrected chi connectivity index (χ3v) is 3.28. The number of nitrogens with zero attached hydrogens (tertiary/aromatic N) is 2. The zero-order valence-electron chi connectivity index (χ0n) is 10.6. The Morgan fingerprint density at radius 2 is 1.95 bits per heavy atom. The summed E-state index contributed by atoms with van der Waals surface area (Å²) >= 11 is 0. The number of fused-ring (bicyclic) bond motifs is 1. The number of para-hydroxylation sites is 2. The molecule has 5 heteroatoms. The predicted octanol–water partition coefficient (Wildman–Crippen LogP) is 3.01. The van der Waals surface area contributed by atoms with Gasteiger partial charge in [-0.1, -0.05) is 18.2 Å². The van der Waals surface area contributed by atoms with Crippen LogP contribution in [0.1, 0.15) is 11.6 Å². The fourth-order valence-electron chi connectivity index (χ4n) is 2.27. The predicted molar refractivity (Wildman–Crippen MR) is 73.0 cm³/mol. The fourth-order valence-corrected chi connectivity index (χ4v) is 2.27. The summed E-state index contributed by atoms with van der Waals surface area (Å²) in [5.74, 6) is -1.23. The summed E-state index contributed by atoms with van der Waals surface area (Å²) < 4.78 is 28.5. The van der Waals surface area contributed by atoms with E-state index in [1.807, 2.05) is 28.8 Å². The summed E-state index contributed by atoms with van der Waals surface area (Å²) in [7, 11) is 0. The maximum Gasteiger partial charge on any atom is 0.130 e. The van der Waals surface area contributed by atoms with Gasteiger partial charge in [0.25, 0.3) is 0 Å². The molecular formula is C15H13F2N3. The zero-order valence-corrected chi connectivity index (χ0v) is 10.6. The normalized spacial score (nSPS) is 12.8. The summed E-state index contributed by atoms with van der Waals surface area (Å²) in [6.07, 6.45) is 1.67. The van der Waals surface area contributed by atoms with Crippen molar-refractivity contribution in [2.45, 2.75) is 12.6 Å². The van der Waals surface area contributed by atoms with Crippen LogP contribution in [0.15, 0.2) is 48.8 Å². The second kappa shape index (κ2) is 5.02. The number of nitrogens with two attached hydrogens (primary N) is 1. The minimum atomic E-state index is -0.623. The van der Waals surface area contributed by atoms with Crippen molar-refractivity contribution in [1.82, 2.24) is 9.55 Å². The summed E-state index contributed by atoms with van der Waals surface area (Å²) in [6, 6.07) is 10.5. The Hall–Kier alpha value is -2.27. The molecule has 0 aliphatic heterocycles. The number of halogens is 2. The Bertz CT molecular complexity index is 752. The molecule has 0 amide bonds. The van der Waals surface area contributed by atoms with Crippen LogP contribution in [0.5, 0.6) is 0 Å². The molecule has 0 spiro atoms. The second-order valence-corrected chi connectivity index (χ2v) is 4.66. The first kappa shape index (κ1) is 12.7. The van der Waals surface area contributed by atoms with E-state index in [1.165, 1.54) is 12.1 Å². The van der Waals surface area contributed by atoms with E-state index < -0.39 is 17.7 Å². The second-order valence-electron chi connectivity index (χ2n) is 4.66. The van der Waals surface area contributed by atoms with Crippen molar-refractivity contribution in [3.05, 3.63) is 66.0 Å². The van der Waals surface area contributed by atoms with Crippen molar-refractivity contribution in [3.63, 3.8) is 0 Å². The molecule has 102 valence electrons. The van der Waals surface area contributed by atoms with Crippen molar-refractivity contribution in [3.8, 4) is 0 Å². The lowest BCUT2D eigenvalue weighted by Gasteiger charge is -2.14. The molecule has 1 atom stereocenters. The Balaban J connectivity index is 1.90. The van der Waals surface area contributed by atoms with E-state index in [1.54, 1.807) is 6.33 Å². The van der Waals surface area contributed by atoms with Crippen molar-refractivity contribution in [2.75, 3.05) is 0 Å². The average molecular weight is 273 g/mol. The van der Waals surface area contributed by atoms with Crippen LogP contribution < -0.4 is 5.73 Å². The van der Waals surface area contributed by atoms with Crippen LogP contribution >= 0.6 is 0 Å². The van der Waals surface area contributed by atoms with E-state index in [-0.39, 0.29) is 0 Å². The fraction of sp³-hybridized carbons (Fsp3) is 0.133. The molecule has 20 heavy (non-hydrogen) atoms. The van der Waals surface area contributed by atoms with Crippen LogP contribution in [0.25, 0.3) is 11.0 Å². The van der Waals surface area contributed by atoms with E-state index >= 15 is 0 Å². The van der Waals surface area contributed by atoms with Gasteiger partial charge in [0.2, 0.25) is 0 Å². The maximum absolute atomic E-state index is 13.7. The molecule has 1 unspecified atom stereocenters. The molecule has 0 saturated heterocycles. The van der Waals surface area contributed by atoms with Gasteiger partial charge in [0.05, 0.1) is 23.4 Å². The van der Waals surface area contributed by atoms with E-state index in [9.17, 15) is 8.78 Å². The monoisotopic (exact) mass is 273 g/mol. The van der Waals surface area contributed by atoms with Crippen LogP contribution in [0.3, 0.4) is 0 Å². The third-order valence-electron chi connectivity index (χ3n) is 3.28. The molecule has 3 rings (SSSR count). The first-order valence-electron chi connectivity index (χ1n) is 6.25. The number of imidazole rings is 1. The van der Waals surface area contributed by atoms with Crippen LogP contribution in [0.2, 0.25) is 0 Å². The zero-order chi connectivity index (χ0) is 14.1. The van der Waals surface area contributed by atoms with Gasteiger partial charge in [0, 0.05) is 18.2 Å². The lowest BCUT2D eigenvalue weighted by atomic mass is 10.1. The molecule has 0 fully saturated rings. The first-order valence-corrected chi connectivity index (χ1v) is 6.25. The highest BCUT2D eigenvalue weighted by atomic mass is 19.1. The van der Waals surface area contributed by atoms with Crippen LogP contribution in [0, 0.1) is 11.6 Å². The standard InChI is InChI=1S/C15H13F2N3/c16-10-5-6-11(12(17)7-10)13(18)8-20-9-19-14-3-1-2-4-15(14)20/h1-7,9,13H,8,18H2. The molecule has 0 radical (unpaired) electrons. The highest BCUT2D eigenvalue weighted by Gasteiger charge is 2.14. The Morgan fingerprint density at radius 3 is 2.75 bits per heavy atom. The van der Waals surface area contributed by atoms with Gasteiger partial charge in [0.15, 0.2) is 0 Å². The van der Waals surface area contributed by atoms with Crippen molar-refractivity contribution in [2.24, 2.45) is 5.73 Å². The molecule has 0 saturated carbocycles. The van der Waals surface area contributed by atoms with Crippen LogP contribution in [-0.2, 0) is 6.54 Å². The number of hydrogen-bond acceptors (Lipinski definition) is 2. The van der Waals surface area contributed by atoms with Gasteiger partial charge >= 0.3 is 0 Å². The summed E-state index contributed by atoms with van der Waals surface area (Å²) in [4.78, 5) is 4.26. The molecule has 2 N–H and O–H groups in total. The van der Waals surface area contributed by atoms with Crippen LogP contribution in [-0.4, -0.2) is 9.55 Å². The molecule has 3 nitrogen and oxygen atoms in total. The molecule has 0 aliphatic rings. The van der Waals surface area contributed by atoms with E-state index in [0.717, 1.165) is 17.1 Å². The number of aromatic nitrogens is 2. The van der Waals surface area contributed by atoms with E-state index in [4.69, 9.17) is 5.73 Å². The van der Waals surface area contributed by atoms with Gasteiger partial charge in [-0.25, -0.2) is 13.8 Å². The lowest BCUT2D eigenvalue weighted by Crippen LogP contribution is -2.18. The van der Waals surface area contributed by atoms with Gasteiger partial charge in [-0.15, -0.1) is 0 Å². The Labute approximate surface area is 114 Å². The molecule has 0 aliphatic carbocycles. The molecule has 3 aromatic rings. The lowest BCUT2D eigenvalue weighted by molar-refractivity contribution is 0.525. The van der Waals surface area contributed by atoms with Gasteiger partial charge in [-0.2, -0.15) is 0 Å². The summed E-state index contributed by atoms with van der Waals surface area (Å²) in [5.41, 5.74) is 8.11. The third kappa shape index (κ3) is 2.28. The first-order chi connectivity index (χ1) is 9.65. The highest BCUT2D eigenvalue weighted by Crippen LogP contribution is 2.20. The number of hydrogen-bond donors (Lipinski definition) is 1. The Morgan fingerprint density at radius 1 is 1.15 bits per heavy atom. The van der Waals surface area contributed by atoms with Crippen molar-refractivity contribution < 1.29 is 8.78 Å². The highest BCUT2D eigenvalue weighted by molar-refractivity contribution is 5.74. The Kier molecular flexibility index (Phi) is 3.20. The summed E-state index contributed by atoms with van der Waals surface area (Å²) in [5, 5.41) is 0. The minimum absolute atomic E-state index is 0.296. The minimum Gasteiger partial charge on any atom is -0.329 e. The van der Waals surface area contributed by atoms with E-state index in [0.29, 0.717) is 12.1 Å². The SMILES string of the molecule is NC(Cn1cnc2ccccc21)c1ccc(F)cc1F. The van der Waals surface area contributed by atoms with Gasteiger partial charge in [0.1, 0.15) is 11.6 Å². The quantitative estimate of drug-likeness (QED) is 0.797. The van der Waals surface area contributed by atoms with Crippen molar-refractivity contribution >= 4 is 11.0 Å². The summed E-state index contributed by atoms with van der Waals surface area (Å²) in [6.45, 7) is 0.378. The average Bonchev–Trinajstić information content (AvgIpc) is 2.82. The number of benzene rings is 2. The molecule has 1 heterocycles. The van der Waals surface area contributed by atoms with Crippen LogP contribution in [0.4, 0.5) is 8.78 Å². The van der Waals surface area contributed by atoms with Gasteiger partial charge < -0.3 is 10.3 Å². The topological polar surface area (TPSA) is 43.8 Å². The molecular weight excluding hydrogens is 260 g/mol. The van der Waals surface area contributed by atoms with E-state index in [2.05, 4.69) is 4.98 Å². The maximum atomic E-state index is 13.7. The molecule has 1 aromatic heterocycles.